The normalized spacial score (nSPS) is 12.3. The molecule has 27 heavy (non-hydrogen) atoms. The fourth-order valence-corrected chi connectivity index (χ4v) is 3.21. The van der Waals surface area contributed by atoms with E-state index >= 15 is 0 Å². The SMILES string of the molecule is Cc1ccc(C)c(OCC(O)Cn2c(CC(N)=O)nc3ccccc32)c1C. The molecule has 3 aromatic rings. The number of carbonyl (C=O) groups excluding carboxylic acids is 1. The van der Waals surface area contributed by atoms with E-state index in [-0.39, 0.29) is 19.6 Å². The molecule has 1 aromatic heterocycles. The Morgan fingerprint density at radius 2 is 1.89 bits per heavy atom. The molecular formula is C21H25N3O3. The fraction of sp³-hybridized carbons (Fsp3) is 0.333. The van der Waals surface area contributed by atoms with Gasteiger partial charge in [0.15, 0.2) is 0 Å². The molecule has 6 nitrogen and oxygen atoms in total. The van der Waals surface area contributed by atoms with E-state index in [2.05, 4.69) is 11.1 Å². The number of imidazole rings is 1. The summed E-state index contributed by atoms with van der Waals surface area (Å²) in [4.78, 5) is 15.9. The van der Waals surface area contributed by atoms with Gasteiger partial charge >= 0.3 is 0 Å². The first kappa shape index (κ1) is 18.9. The van der Waals surface area contributed by atoms with Crippen LogP contribution in [0, 0.1) is 20.8 Å². The summed E-state index contributed by atoms with van der Waals surface area (Å²) < 4.78 is 7.75. The number of benzene rings is 2. The van der Waals surface area contributed by atoms with Crippen molar-refractivity contribution in [2.75, 3.05) is 6.61 Å². The van der Waals surface area contributed by atoms with Gasteiger partial charge in [0.1, 0.15) is 24.3 Å². The number of rotatable bonds is 7. The van der Waals surface area contributed by atoms with E-state index in [9.17, 15) is 9.90 Å². The lowest BCUT2D eigenvalue weighted by molar-refractivity contribution is -0.117. The van der Waals surface area contributed by atoms with Crippen molar-refractivity contribution in [1.82, 2.24) is 9.55 Å². The largest absolute Gasteiger partial charge is 0.490 e. The van der Waals surface area contributed by atoms with Crippen LogP contribution in [0.5, 0.6) is 5.75 Å². The molecule has 1 unspecified atom stereocenters. The Bertz CT molecular complexity index is 978. The van der Waals surface area contributed by atoms with Gasteiger partial charge in [0.05, 0.1) is 24.0 Å². The summed E-state index contributed by atoms with van der Waals surface area (Å²) in [6.45, 7) is 6.45. The number of hydrogen-bond donors (Lipinski definition) is 2. The zero-order valence-electron chi connectivity index (χ0n) is 15.9. The molecule has 1 atom stereocenters. The van der Waals surface area contributed by atoms with Crippen LogP contribution in [0.4, 0.5) is 0 Å². The lowest BCUT2D eigenvalue weighted by Gasteiger charge is -2.18. The number of nitrogens with two attached hydrogens (primary N) is 1. The standard InChI is InChI=1S/C21H25N3O3/c1-13-8-9-14(2)21(15(13)3)27-12-16(25)11-24-18-7-5-4-6-17(18)23-20(24)10-19(22)26/h4-9,16,25H,10-12H2,1-3H3,(H2,22,26). The van der Waals surface area contributed by atoms with Crippen LogP contribution in [0.2, 0.25) is 0 Å². The minimum atomic E-state index is -0.756. The summed E-state index contributed by atoms with van der Waals surface area (Å²) in [5, 5.41) is 10.6. The highest BCUT2D eigenvalue weighted by Gasteiger charge is 2.17. The smallest absolute Gasteiger partial charge is 0.225 e. The van der Waals surface area contributed by atoms with Crippen LogP contribution in [0.15, 0.2) is 36.4 Å². The summed E-state index contributed by atoms with van der Waals surface area (Å²) in [5.41, 5.74) is 10.2. The van der Waals surface area contributed by atoms with Crippen molar-refractivity contribution in [3.8, 4) is 5.75 Å². The Morgan fingerprint density at radius 1 is 1.19 bits per heavy atom. The quantitative estimate of drug-likeness (QED) is 0.671. The Morgan fingerprint density at radius 3 is 2.63 bits per heavy atom. The second-order valence-electron chi connectivity index (χ2n) is 6.89. The van der Waals surface area contributed by atoms with Crippen LogP contribution in [0.1, 0.15) is 22.5 Å². The molecule has 0 saturated carbocycles. The Kier molecular flexibility index (Phi) is 5.46. The van der Waals surface area contributed by atoms with Gasteiger partial charge in [-0.2, -0.15) is 0 Å². The number of ether oxygens (including phenoxy) is 1. The van der Waals surface area contributed by atoms with Crippen LogP contribution in [0.25, 0.3) is 11.0 Å². The number of primary amides is 1. The second kappa shape index (κ2) is 7.80. The van der Waals surface area contributed by atoms with E-state index in [1.54, 1.807) is 0 Å². The highest BCUT2D eigenvalue weighted by Crippen LogP contribution is 2.26. The molecule has 142 valence electrons. The van der Waals surface area contributed by atoms with Crippen LogP contribution in [0.3, 0.4) is 0 Å². The predicted octanol–water partition coefficient (Wildman–Crippen LogP) is 2.43. The molecule has 2 aromatic carbocycles. The molecule has 3 N–H and O–H groups in total. The molecular weight excluding hydrogens is 342 g/mol. The highest BCUT2D eigenvalue weighted by molar-refractivity contribution is 5.80. The van der Waals surface area contributed by atoms with Gasteiger partial charge < -0.3 is 20.1 Å². The average Bonchev–Trinajstić information content (AvgIpc) is 2.95. The number of aliphatic hydroxyl groups excluding tert-OH is 1. The number of para-hydroxylation sites is 2. The minimum Gasteiger partial charge on any atom is -0.490 e. The molecule has 3 rings (SSSR count). The number of nitrogens with zero attached hydrogens (tertiary/aromatic N) is 2. The Labute approximate surface area is 158 Å². The second-order valence-corrected chi connectivity index (χ2v) is 6.89. The van der Waals surface area contributed by atoms with Crippen molar-refractivity contribution in [2.24, 2.45) is 5.73 Å². The van der Waals surface area contributed by atoms with E-state index in [1.165, 1.54) is 0 Å². The molecule has 0 aliphatic rings. The van der Waals surface area contributed by atoms with Crippen molar-refractivity contribution in [2.45, 2.75) is 39.8 Å². The van der Waals surface area contributed by atoms with Crippen molar-refractivity contribution >= 4 is 16.9 Å². The van der Waals surface area contributed by atoms with Crippen LogP contribution in [-0.2, 0) is 17.8 Å². The lowest BCUT2D eigenvalue weighted by atomic mass is 10.1. The van der Waals surface area contributed by atoms with Crippen molar-refractivity contribution in [3.63, 3.8) is 0 Å². The van der Waals surface area contributed by atoms with Crippen molar-refractivity contribution in [1.29, 1.82) is 0 Å². The first-order valence-electron chi connectivity index (χ1n) is 8.97. The Balaban J connectivity index is 1.79. The summed E-state index contributed by atoms with van der Waals surface area (Å²) in [6.07, 6.45) is -0.730. The van der Waals surface area contributed by atoms with Crippen LogP contribution >= 0.6 is 0 Å². The van der Waals surface area contributed by atoms with Crippen LogP contribution < -0.4 is 10.5 Å². The minimum absolute atomic E-state index is 0.0261. The third kappa shape index (κ3) is 4.11. The number of aromatic nitrogens is 2. The number of aryl methyl sites for hydroxylation is 2. The summed E-state index contributed by atoms with van der Waals surface area (Å²) in [6, 6.07) is 11.6. The van der Waals surface area contributed by atoms with Gasteiger partial charge in [0.2, 0.25) is 5.91 Å². The van der Waals surface area contributed by atoms with Crippen LogP contribution in [-0.4, -0.2) is 33.3 Å². The maximum absolute atomic E-state index is 11.4. The molecule has 1 heterocycles. The summed E-state index contributed by atoms with van der Waals surface area (Å²) in [7, 11) is 0. The van der Waals surface area contributed by atoms with E-state index in [0.717, 1.165) is 33.5 Å². The third-order valence-corrected chi connectivity index (χ3v) is 4.75. The zero-order chi connectivity index (χ0) is 19.6. The van der Waals surface area contributed by atoms with Gasteiger partial charge in [-0.15, -0.1) is 0 Å². The number of carbonyl (C=O) groups is 1. The lowest BCUT2D eigenvalue weighted by Crippen LogP contribution is -2.26. The molecule has 0 fully saturated rings. The molecule has 0 saturated heterocycles. The summed E-state index contributed by atoms with van der Waals surface area (Å²) >= 11 is 0. The number of aliphatic hydroxyl groups is 1. The van der Waals surface area contributed by atoms with E-state index in [1.807, 2.05) is 55.7 Å². The maximum Gasteiger partial charge on any atom is 0.225 e. The molecule has 0 spiro atoms. The number of hydrogen-bond acceptors (Lipinski definition) is 4. The molecule has 0 aliphatic heterocycles. The molecule has 0 bridgehead atoms. The molecule has 0 aliphatic carbocycles. The number of amides is 1. The molecule has 6 heteroatoms. The van der Waals surface area contributed by atoms with Gasteiger partial charge in [-0.1, -0.05) is 24.3 Å². The first-order valence-corrected chi connectivity index (χ1v) is 8.97. The van der Waals surface area contributed by atoms with Gasteiger partial charge in [-0.25, -0.2) is 4.98 Å². The summed E-state index contributed by atoms with van der Waals surface area (Å²) in [5.74, 6) is 0.899. The fourth-order valence-electron chi connectivity index (χ4n) is 3.21. The van der Waals surface area contributed by atoms with Gasteiger partial charge in [0.25, 0.3) is 0 Å². The zero-order valence-corrected chi connectivity index (χ0v) is 15.9. The highest BCUT2D eigenvalue weighted by atomic mass is 16.5. The monoisotopic (exact) mass is 367 g/mol. The van der Waals surface area contributed by atoms with Crippen molar-refractivity contribution < 1.29 is 14.6 Å². The third-order valence-electron chi connectivity index (χ3n) is 4.75. The van der Waals surface area contributed by atoms with E-state index < -0.39 is 12.0 Å². The van der Waals surface area contributed by atoms with E-state index in [0.29, 0.717) is 5.82 Å². The van der Waals surface area contributed by atoms with Gasteiger partial charge in [-0.05, 0) is 49.6 Å². The first-order chi connectivity index (χ1) is 12.9. The Hall–Kier alpha value is -2.86. The van der Waals surface area contributed by atoms with Crippen molar-refractivity contribution in [3.05, 3.63) is 58.9 Å². The van der Waals surface area contributed by atoms with E-state index in [4.69, 9.17) is 10.5 Å². The van der Waals surface area contributed by atoms with Gasteiger partial charge in [-0.3, -0.25) is 4.79 Å². The molecule has 1 amide bonds. The molecule has 0 radical (unpaired) electrons. The maximum atomic E-state index is 11.4. The predicted molar refractivity (Wildman–Crippen MR) is 105 cm³/mol. The topological polar surface area (TPSA) is 90.4 Å². The number of fused-ring (bicyclic) bond motifs is 1. The van der Waals surface area contributed by atoms with Gasteiger partial charge in [0, 0.05) is 0 Å². The average molecular weight is 367 g/mol.